The third-order valence-corrected chi connectivity index (χ3v) is 3.86. The Morgan fingerprint density at radius 3 is 2.89 bits per heavy atom. The number of benzene rings is 1. The van der Waals surface area contributed by atoms with Crippen molar-refractivity contribution < 1.29 is 4.79 Å². The number of hydrogen-bond donors (Lipinski definition) is 1. The molecule has 4 nitrogen and oxygen atoms in total. The standard InChI is InChI=1S/C13H17N3OS/c1-3-8-16-11-7-5-4-6-10(11)15-13(16)18-9(2)12(14)17/h4-7,9H,3,8H2,1-2H3,(H2,14,17)/t9-/m1/s1. The summed E-state index contributed by atoms with van der Waals surface area (Å²) < 4.78 is 2.15. The number of imidazole rings is 1. The van der Waals surface area contributed by atoms with E-state index in [4.69, 9.17) is 5.73 Å². The molecule has 0 spiro atoms. The highest BCUT2D eigenvalue weighted by Gasteiger charge is 2.16. The van der Waals surface area contributed by atoms with E-state index in [-0.39, 0.29) is 11.2 Å². The van der Waals surface area contributed by atoms with Gasteiger partial charge in [-0.05, 0) is 25.5 Å². The van der Waals surface area contributed by atoms with E-state index in [1.54, 1.807) is 0 Å². The van der Waals surface area contributed by atoms with Crippen LogP contribution in [0.3, 0.4) is 0 Å². The zero-order valence-electron chi connectivity index (χ0n) is 10.6. The summed E-state index contributed by atoms with van der Waals surface area (Å²) in [5, 5.41) is 0.599. The van der Waals surface area contributed by atoms with E-state index in [0.29, 0.717) is 0 Å². The fourth-order valence-corrected chi connectivity index (χ4v) is 2.70. The molecule has 2 N–H and O–H groups in total. The molecule has 1 aromatic carbocycles. The molecule has 0 aliphatic heterocycles. The summed E-state index contributed by atoms with van der Waals surface area (Å²) in [6.45, 7) is 4.83. The molecule has 1 atom stereocenters. The van der Waals surface area contributed by atoms with Crippen LogP contribution in [0.25, 0.3) is 11.0 Å². The normalized spacial score (nSPS) is 12.8. The Labute approximate surface area is 111 Å². The van der Waals surface area contributed by atoms with Crippen molar-refractivity contribution in [3.05, 3.63) is 24.3 Å². The SMILES string of the molecule is CCCn1c(S[C@H](C)C(N)=O)nc2ccccc21. The third-order valence-electron chi connectivity index (χ3n) is 2.75. The smallest absolute Gasteiger partial charge is 0.230 e. The van der Waals surface area contributed by atoms with Crippen LogP contribution in [0.2, 0.25) is 0 Å². The van der Waals surface area contributed by atoms with Crippen molar-refractivity contribution in [3.8, 4) is 0 Å². The Morgan fingerprint density at radius 2 is 2.22 bits per heavy atom. The van der Waals surface area contributed by atoms with Gasteiger partial charge in [-0.15, -0.1) is 0 Å². The summed E-state index contributed by atoms with van der Waals surface area (Å²) in [6.07, 6.45) is 1.03. The first-order valence-corrected chi connectivity index (χ1v) is 6.92. The maximum absolute atomic E-state index is 11.2. The molecule has 5 heteroatoms. The largest absolute Gasteiger partial charge is 0.369 e. The number of rotatable bonds is 5. The van der Waals surface area contributed by atoms with Gasteiger partial charge in [-0.25, -0.2) is 4.98 Å². The summed E-state index contributed by atoms with van der Waals surface area (Å²) in [6, 6.07) is 8.01. The van der Waals surface area contributed by atoms with Crippen molar-refractivity contribution in [1.29, 1.82) is 0 Å². The molecule has 1 heterocycles. The number of hydrogen-bond acceptors (Lipinski definition) is 3. The lowest BCUT2D eigenvalue weighted by Crippen LogP contribution is -2.23. The molecule has 0 radical (unpaired) electrons. The van der Waals surface area contributed by atoms with Crippen LogP contribution in [0.15, 0.2) is 29.4 Å². The van der Waals surface area contributed by atoms with E-state index in [9.17, 15) is 4.79 Å². The zero-order chi connectivity index (χ0) is 13.1. The van der Waals surface area contributed by atoms with Gasteiger partial charge in [-0.2, -0.15) is 0 Å². The van der Waals surface area contributed by atoms with Crippen LogP contribution in [0.5, 0.6) is 0 Å². The first kappa shape index (κ1) is 13.0. The maximum atomic E-state index is 11.2. The summed E-state index contributed by atoms with van der Waals surface area (Å²) in [7, 11) is 0. The van der Waals surface area contributed by atoms with Gasteiger partial charge in [-0.1, -0.05) is 30.8 Å². The number of nitrogens with two attached hydrogens (primary N) is 1. The average molecular weight is 263 g/mol. The first-order valence-electron chi connectivity index (χ1n) is 6.04. The number of thioether (sulfide) groups is 1. The fourth-order valence-electron chi connectivity index (χ4n) is 1.80. The number of aryl methyl sites for hydroxylation is 1. The van der Waals surface area contributed by atoms with E-state index >= 15 is 0 Å². The number of carbonyl (C=O) groups is 1. The van der Waals surface area contributed by atoms with Crippen LogP contribution in [0.4, 0.5) is 0 Å². The van der Waals surface area contributed by atoms with E-state index < -0.39 is 0 Å². The van der Waals surface area contributed by atoms with Crippen LogP contribution in [0.1, 0.15) is 20.3 Å². The molecular weight excluding hydrogens is 246 g/mol. The molecule has 18 heavy (non-hydrogen) atoms. The lowest BCUT2D eigenvalue weighted by atomic mass is 10.3. The molecule has 1 amide bonds. The highest BCUT2D eigenvalue weighted by molar-refractivity contribution is 8.00. The van der Waals surface area contributed by atoms with Crippen LogP contribution in [-0.4, -0.2) is 20.7 Å². The third kappa shape index (κ3) is 2.51. The number of aromatic nitrogens is 2. The van der Waals surface area contributed by atoms with Gasteiger partial charge in [0.05, 0.1) is 16.3 Å². The Hall–Kier alpha value is -1.49. The molecule has 0 aliphatic carbocycles. The molecule has 2 aromatic rings. The number of primary amides is 1. The van der Waals surface area contributed by atoms with Crippen molar-refractivity contribution in [1.82, 2.24) is 9.55 Å². The Balaban J connectivity index is 2.42. The monoisotopic (exact) mass is 263 g/mol. The zero-order valence-corrected chi connectivity index (χ0v) is 11.4. The van der Waals surface area contributed by atoms with Gasteiger partial charge >= 0.3 is 0 Å². The van der Waals surface area contributed by atoms with Crippen molar-refractivity contribution in [2.24, 2.45) is 5.73 Å². The van der Waals surface area contributed by atoms with Crippen molar-refractivity contribution in [2.75, 3.05) is 0 Å². The Bertz CT molecular complexity index is 564. The fraction of sp³-hybridized carbons (Fsp3) is 0.385. The predicted molar refractivity (Wildman–Crippen MR) is 74.5 cm³/mol. The molecule has 0 aliphatic rings. The summed E-state index contributed by atoms with van der Waals surface area (Å²) >= 11 is 1.42. The van der Waals surface area contributed by atoms with Gasteiger partial charge in [0.1, 0.15) is 0 Å². The molecule has 0 fully saturated rings. The molecule has 96 valence electrons. The van der Waals surface area contributed by atoms with Gasteiger partial charge in [-0.3, -0.25) is 4.79 Å². The van der Waals surface area contributed by atoms with Crippen LogP contribution >= 0.6 is 11.8 Å². The van der Waals surface area contributed by atoms with E-state index in [0.717, 1.165) is 29.2 Å². The number of para-hydroxylation sites is 2. The Morgan fingerprint density at radius 1 is 1.50 bits per heavy atom. The highest BCUT2D eigenvalue weighted by atomic mass is 32.2. The van der Waals surface area contributed by atoms with E-state index in [1.807, 2.05) is 25.1 Å². The quantitative estimate of drug-likeness (QED) is 0.843. The van der Waals surface area contributed by atoms with Crippen molar-refractivity contribution in [2.45, 2.75) is 37.2 Å². The number of fused-ring (bicyclic) bond motifs is 1. The molecule has 0 unspecified atom stereocenters. The van der Waals surface area contributed by atoms with Gasteiger partial charge in [0, 0.05) is 6.54 Å². The van der Waals surface area contributed by atoms with Crippen LogP contribution in [-0.2, 0) is 11.3 Å². The predicted octanol–water partition coefficient (Wildman–Crippen LogP) is 2.41. The van der Waals surface area contributed by atoms with Crippen LogP contribution < -0.4 is 5.73 Å². The number of nitrogens with zero attached hydrogens (tertiary/aromatic N) is 2. The van der Waals surface area contributed by atoms with Gasteiger partial charge < -0.3 is 10.3 Å². The van der Waals surface area contributed by atoms with E-state index in [1.165, 1.54) is 11.8 Å². The minimum Gasteiger partial charge on any atom is -0.369 e. The first-order chi connectivity index (χ1) is 8.63. The highest BCUT2D eigenvalue weighted by Crippen LogP contribution is 2.27. The van der Waals surface area contributed by atoms with Gasteiger partial charge in [0.2, 0.25) is 5.91 Å². The number of amides is 1. The molecule has 2 rings (SSSR count). The molecule has 0 bridgehead atoms. The number of carbonyl (C=O) groups excluding carboxylic acids is 1. The second-order valence-electron chi connectivity index (χ2n) is 4.20. The van der Waals surface area contributed by atoms with Crippen LogP contribution in [0, 0.1) is 0 Å². The molecular formula is C13H17N3OS. The minimum absolute atomic E-state index is 0.266. The Kier molecular flexibility index (Phi) is 3.91. The van der Waals surface area contributed by atoms with Gasteiger partial charge in [0.15, 0.2) is 5.16 Å². The van der Waals surface area contributed by atoms with Crippen molar-refractivity contribution >= 4 is 28.7 Å². The van der Waals surface area contributed by atoms with E-state index in [2.05, 4.69) is 22.5 Å². The van der Waals surface area contributed by atoms with Crippen molar-refractivity contribution in [3.63, 3.8) is 0 Å². The minimum atomic E-state index is -0.310. The average Bonchev–Trinajstić information content (AvgIpc) is 2.68. The molecule has 1 aromatic heterocycles. The second kappa shape index (κ2) is 5.44. The lowest BCUT2D eigenvalue weighted by Gasteiger charge is -2.09. The molecule has 0 saturated carbocycles. The summed E-state index contributed by atoms with van der Waals surface area (Å²) in [5.41, 5.74) is 7.38. The lowest BCUT2D eigenvalue weighted by molar-refractivity contribution is -0.117. The summed E-state index contributed by atoms with van der Waals surface area (Å²) in [4.78, 5) is 15.7. The molecule has 0 saturated heterocycles. The summed E-state index contributed by atoms with van der Waals surface area (Å²) in [5.74, 6) is -0.310. The topological polar surface area (TPSA) is 60.9 Å². The maximum Gasteiger partial charge on any atom is 0.230 e. The second-order valence-corrected chi connectivity index (χ2v) is 5.51. The van der Waals surface area contributed by atoms with Gasteiger partial charge in [0.25, 0.3) is 0 Å².